The van der Waals surface area contributed by atoms with Crippen LogP contribution in [0.15, 0.2) is 0 Å². The third-order valence-corrected chi connectivity index (χ3v) is 3.87. The third kappa shape index (κ3) is 2.27. The van der Waals surface area contributed by atoms with Gasteiger partial charge in [-0.1, -0.05) is 6.42 Å². The molecule has 1 aliphatic heterocycles. The van der Waals surface area contributed by atoms with E-state index in [1.165, 1.54) is 19.3 Å². The summed E-state index contributed by atoms with van der Waals surface area (Å²) in [5.74, 6) is 2.24. The third-order valence-electron chi connectivity index (χ3n) is 3.87. The largest absolute Gasteiger partial charge is 0.481 e. The number of rotatable bonds is 4. The molecule has 0 amide bonds. The van der Waals surface area contributed by atoms with E-state index < -0.39 is 0 Å². The monoisotopic (exact) mass is 248 g/mol. The first-order valence-electron chi connectivity index (χ1n) is 6.75. The Morgan fingerprint density at radius 2 is 2.28 bits per heavy atom. The fourth-order valence-corrected chi connectivity index (χ4v) is 2.51. The highest BCUT2D eigenvalue weighted by Gasteiger charge is 2.20. The van der Waals surface area contributed by atoms with Crippen molar-refractivity contribution < 1.29 is 4.74 Å². The number of hydrogen-bond acceptors (Lipinski definition) is 5. The summed E-state index contributed by atoms with van der Waals surface area (Å²) in [5.41, 5.74) is 2.23. The van der Waals surface area contributed by atoms with Gasteiger partial charge in [-0.05, 0) is 31.7 Å². The zero-order chi connectivity index (χ0) is 12.4. The molecule has 0 unspecified atom stereocenters. The van der Waals surface area contributed by atoms with Gasteiger partial charge in [-0.3, -0.25) is 0 Å². The molecule has 2 heterocycles. The van der Waals surface area contributed by atoms with Crippen molar-refractivity contribution in [2.75, 3.05) is 25.5 Å². The van der Waals surface area contributed by atoms with Gasteiger partial charge >= 0.3 is 0 Å². The Kier molecular flexibility index (Phi) is 3.32. The average Bonchev–Trinajstić information content (AvgIpc) is 2.36. The first kappa shape index (κ1) is 11.7. The van der Waals surface area contributed by atoms with Crippen LogP contribution in [-0.2, 0) is 13.0 Å². The van der Waals surface area contributed by atoms with E-state index in [1.54, 1.807) is 7.11 Å². The summed E-state index contributed by atoms with van der Waals surface area (Å²) in [7, 11) is 1.68. The molecule has 2 N–H and O–H groups in total. The molecule has 0 bridgehead atoms. The minimum atomic E-state index is 0.709. The van der Waals surface area contributed by atoms with Gasteiger partial charge in [-0.2, -0.15) is 4.98 Å². The van der Waals surface area contributed by atoms with E-state index in [0.29, 0.717) is 5.95 Å². The quantitative estimate of drug-likeness (QED) is 0.842. The fourth-order valence-electron chi connectivity index (χ4n) is 2.51. The number of nitrogens with zero attached hydrogens (tertiary/aromatic N) is 2. The molecule has 18 heavy (non-hydrogen) atoms. The summed E-state index contributed by atoms with van der Waals surface area (Å²) >= 11 is 0. The Morgan fingerprint density at radius 1 is 1.39 bits per heavy atom. The molecule has 5 nitrogen and oxygen atoms in total. The van der Waals surface area contributed by atoms with Crippen molar-refractivity contribution in [1.29, 1.82) is 0 Å². The smallest absolute Gasteiger partial charge is 0.226 e. The second-order valence-electron chi connectivity index (χ2n) is 5.09. The van der Waals surface area contributed by atoms with Gasteiger partial charge in [-0.25, -0.2) is 4.98 Å². The van der Waals surface area contributed by atoms with E-state index in [0.717, 1.165) is 49.1 Å². The van der Waals surface area contributed by atoms with Crippen molar-refractivity contribution in [2.24, 2.45) is 5.92 Å². The molecule has 0 radical (unpaired) electrons. The van der Waals surface area contributed by atoms with Crippen LogP contribution in [0.1, 0.15) is 30.5 Å². The van der Waals surface area contributed by atoms with Crippen LogP contribution in [0.5, 0.6) is 5.88 Å². The zero-order valence-corrected chi connectivity index (χ0v) is 10.8. The van der Waals surface area contributed by atoms with Gasteiger partial charge in [0, 0.05) is 18.7 Å². The van der Waals surface area contributed by atoms with Crippen molar-refractivity contribution in [3.8, 4) is 5.88 Å². The van der Waals surface area contributed by atoms with Crippen LogP contribution in [-0.4, -0.2) is 30.2 Å². The summed E-state index contributed by atoms with van der Waals surface area (Å²) in [6.45, 7) is 2.77. The molecule has 3 rings (SSSR count). The number of ether oxygens (including phenoxy) is 1. The van der Waals surface area contributed by atoms with Gasteiger partial charge in [0.2, 0.25) is 11.8 Å². The Balaban J connectivity index is 1.76. The molecule has 2 aliphatic rings. The van der Waals surface area contributed by atoms with Gasteiger partial charge in [0.15, 0.2) is 0 Å². The fraction of sp³-hybridized carbons (Fsp3) is 0.692. The lowest BCUT2D eigenvalue weighted by Crippen LogP contribution is -2.27. The Bertz CT molecular complexity index is 414. The van der Waals surface area contributed by atoms with Gasteiger partial charge in [-0.15, -0.1) is 0 Å². The topological polar surface area (TPSA) is 59.1 Å². The van der Waals surface area contributed by atoms with E-state index in [4.69, 9.17) is 4.74 Å². The van der Waals surface area contributed by atoms with E-state index >= 15 is 0 Å². The molecule has 1 fully saturated rings. The standard InChI is InChI=1S/C13H20N4O/c1-18-12-10-5-6-14-8-11(10)16-13(17-12)15-7-9-3-2-4-9/h9,14H,2-8H2,1H3,(H,15,16,17). The molecule has 1 saturated carbocycles. The summed E-state index contributed by atoms with van der Waals surface area (Å²) in [4.78, 5) is 9.05. The van der Waals surface area contributed by atoms with Gasteiger partial charge in [0.25, 0.3) is 0 Å². The maximum absolute atomic E-state index is 5.38. The average molecular weight is 248 g/mol. The number of aromatic nitrogens is 2. The lowest BCUT2D eigenvalue weighted by molar-refractivity contribution is 0.332. The zero-order valence-electron chi connectivity index (χ0n) is 10.8. The van der Waals surface area contributed by atoms with Gasteiger partial charge in [0.05, 0.1) is 12.8 Å². The minimum Gasteiger partial charge on any atom is -0.481 e. The number of fused-ring (bicyclic) bond motifs is 1. The van der Waals surface area contributed by atoms with E-state index in [1.807, 2.05) is 0 Å². The van der Waals surface area contributed by atoms with Crippen molar-refractivity contribution in [1.82, 2.24) is 15.3 Å². The van der Waals surface area contributed by atoms with Crippen molar-refractivity contribution >= 4 is 5.95 Å². The van der Waals surface area contributed by atoms with Crippen LogP contribution < -0.4 is 15.4 Å². The molecule has 0 aromatic carbocycles. The number of hydrogen-bond donors (Lipinski definition) is 2. The predicted octanol–water partition coefficient (Wildman–Crippen LogP) is 1.34. The number of nitrogens with one attached hydrogen (secondary N) is 2. The summed E-state index contributed by atoms with van der Waals surface area (Å²) in [6.07, 6.45) is 4.97. The highest BCUT2D eigenvalue weighted by molar-refractivity contribution is 5.39. The SMILES string of the molecule is COc1nc(NCC2CCC2)nc2c1CCNC2. The van der Waals surface area contributed by atoms with E-state index in [-0.39, 0.29) is 0 Å². The Hall–Kier alpha value is -1.36. The molecule has 0 spiro atoms. The van der Waals surface area contributed by atoms with Crippen molar-refractivity contribution in [3.63, 3.8) is 0 Å². The minimum absolute atomic E-state index is 0.709. The predicted molar refractivity (Wildman–Crippen MR) is 69.8 cm³/mol. The first-order valence-corrected chi connectivity index (χ1v) is 6.75. The highest BCUT2D eigenvalue weighted by Crippen LogP contribution is 2.27. The first-order chi connectivity index (χ1) is 8.86. The maximum Gasteiger partial charge on any atom is 0.226 e. The van der Waals surface area contributed by atoms with Crippen LogP contribution in [0.25, 0.3) is 0 Å². The summed E-state index contributed by atoms with van der Waals surface area (Å²) in [6, 6.07) is 0. The van der Waals surface area contributed by atoms with E-state index in [2.05, 4.69) is 20.6 Å². The van der Waals surface area contributed by atoms with E-state index in [9.17, 15) is 0 Å². The second-order valence-corrected chi connectivity index (χ2v) is 5.09. The van der Waals surface area contributed by atoms with Crippen LogP contribution in [0, 0.1) is 5.92 Å². The number of methoxy groups -OCH3 is 1. The molecule has 1 aromatic rings. The maximum atomic E-state index is 5.38. The lowest BCUT2D eigenvalue weighted by Gasteiger charge is -2.26. The van der Waals surface area contributed by atoms with Crippen LogP contribution in [0.4, 0.5) is 5.95 Å². The summed E-state index contributed by atoms with van der Waals surface area (Å²) in [5, 5.41) is 6.67. The van der Waals surface area contributed by atoms with Gasteiger partial charge in [0.1, 0.15) is 0 Å². The second kappa shape index (κ2) is 5.10. The molecular formula is C13H20N4O. The van der Waals surface area contributed by atoms with Crippen molar-refractivity contribution in [2.45, 2.75) is 32.2 Å². The molecule has 1 aromatic heterocycles. The Labute approximate surface area is 107 Å². The van der Waals surface area contributed by atoms with Crippen LogP contribution in [0.3, 0.4) is 0 Å². The lowest BCUT2D eigenvalue weighted by atomic mass is 9.85. The van der Waals surface area contributed by atoms with Crippen LogP contribution >= 0.6 is 0 Å². The highest BCUT2D eigenvalue weighted by atomic mass is 16.5. The summed E-state index contributed by atoms with van der Waals surface area (Å²) < 4.78 is 5.38. The molecule has 5 heteroatoms. The Morgan fingerprint density at radius 3 is 3.00 bits per heavy atom. The normalized spacial score (nSPS) is 18.9. The molecule has 98 valence electrons. The molecule has 0 saturated heterocycles. The molecule has 1 aliphatic carbocycles. The number of anilines is 1. The van der Waals surface area contributed by atoms with Gasteiger partial charge < -0.3 is 15.4 Å². The molecule has 0 atom stereocenters. The van der Waals surface area contributed by atoms with Crippen LogP contribution in [0.2, 0.25) is 0 Å². The van der Waals surface area contributed by atoms with Crippen molar-refractivity contribution in [3.05, 3.63) is 11.3 Å². The molecular weight excluding hydrogens is 228 g/mol.